The fraction of sp³-hybridized carbons (Fsp3) is 0.880. The van der Waals surface area contributed by atoms with E-state index in [1.165, 1.54) is 88.3 Å². The van der Waals surface area contributed by atoms with Crippen molar-refractivity contribution in [2.75, 3.05) is 26.7 Å². The number of nitrogens with one attached hydrogen (secondary N) is 1. The third-order valence-electron chi connectivity index (χ3n) is 30.1. The number of ketones is 3. The Balaban J connectivity index is 0.000000158. The molecule has 12 fully saturated rings. The maximum Gasteiger partial charge on any atom is 0.159 e. The van der Waals surface area contributed by atoms with E-state index in [0.29, 0.717) is 100 Å². The molecule has 12 aliphatic rings. The van der Waals surface area contributed by atoms with Crippen molar-refractivity contribution in [2.24, 2.45) is 121 Å². The van der Waals surface area contributed by atoms with Crippen LogP contribution in [0.1, 0.15) is 218 Å². The summed E-state index contributed by atoms with van der Waals surface area (Å²) < 4.78 is 18.7. The van der Waals surface area contributed by atoms with Gasteiger partial charge < -0.3 is 29.5 Å². The van der Waals surface area contributed by atoms with E-state index in [0.717, 1.165) is 82.5 Å². The van der Waals surface area contributed by atoms with Gasteiger partial charge in [-0.05, 0) is 258 Å². The fourth-order valence-corrected chi connectivity index (χ4v) is 25.9. The molecule has 4 N–H and O–H groups in total. The van der Waals surface area contributed by atoms with Gasteiger partial charge in [0.25, 0.3) is 0 Å². The molecule has 0 aromatic carbocycles. The first-order chi connectivity index (χ1) is 43.6. The molecule has 0 unspecified atom stereocenters. The Hall–Kier alpha value is -3.33. The minimum Gasteiger partial charge on any atom is -0.390 e. The largest absolute Gasteiger partial charge is 0.390 e. The van der Waals surface area contributed by atoms with Gasteiger partial charge >= 0.3 is 0 Å². The van der Waals surface area contributed by atoms with E-state index in [2.05, 4.69) is 93.4 Å². The number of Topliss-reactive ketones (excluding diaryl/α,β-unsaturated/α-hetero) is 3. The summed E-state index contributed by atoms with van der Waals surface area (Å²) in [5, 5.41) is 57.5. The number of alkyl halides is 1. The van der Waals surface area contributed by atoms with Crippen molar-refractivity contribution < 1.29 is 43.9 Å². The predicted molar refractivity (Wildman–Crippen MR) is 368 cm³/mol. The number of nitrogens with zero attached hydrogens (tertiary/aromatic N) is 8. The average molecular weight is 1380 g/mol. The predicted octanol–water partition coefficient (Wildman–Crippen LogP) is 13.3. The van der Waals surface area contributed by atoms with Gasteiger partial charge in [0.2, 0.25) is 0 Å². The quantitative estimate of drug-likeness (QED) is 0.130. The van der Waals surface area contributed by atoms with E-state index in [4.69, 9.17) is 14.2 Å². The zero-order valence-corrected chi connectivity index (χ0v) is 58.0. The molecule has 19 heteroatoms. The molecule has 0 bridgehead atoms. The molecule has 3 aromatic heterocycles. The Bertz CT molecular complexity index is 2780. The van der Waals surface area contributed by atoms with Crippen LogP contribution >= 0.6 is 15.9 Å². The third kappa shape index (κ3) is 13.3. The van der Waals surface area contributed by atoms with Gasteiger partial charge in [-0.25, -0.2) is 4.68 Å². The lowest BCUT2D eigenvalue weighted by Crippen LogP contribution is -2.57. The molecule has 0 spiro atoms. The van der Waals surface area contributed by atoms with Crippen molar-refractivity contribution in [1.29, 1.82) is 0 Å². The van der Waals surface area contributed by atoms with Crippen LogP contribution in [-0.4, -0.2) is 141 Å². The summed E-state index contributed by atoms with van der Waals surface area (Å²) in [6.45, 7) is 15.3. The zero-order chi connectivity index (χ0) is 64.4. The Morgan fingerprint density at radius 3 is 1.14 bits per heavy atom. The van der Waals surface area contributed by atoms with Gasteiger partial charge in [0, 0.05) is 45.3 Å². The van der Waals surface area contributed by atoms with Crippen LogP contribution in [0, 0.1) is 121 Å². The van der Waals surface area contributed by atoms with Crippen molar-refractivity contribution in [3.63, 3.8) is 0 Å². The smallest absolute Gasteiger partial charge is 0.159 e. The molecular formula is C75H124BrN9O9. The number of carbonyl (C=O) groups is 3. The zero-order valence-electron chi connectivity index (χ0n) is 56.4. The number of aromatic nitrogens is 9. The topological polar surface area (TPSA) is 243 Å². The maximum atomic E-state index is 13.2. The first-order valence-corrected chi connectivity index (χ1v) is 36.9. The molecule has 94 heavy (non-hydrogen) atoms. The second kappa shape index (κ2) is 29.9. The number of aromatic amines is 1. The summed E-state index contributed by atoms with van der Waals surface area (Å²) in [6.07, 6.45) is 35.9. The minimum absolute atomic E-state index is 0. The summed E-state index contributed by atoms with van der Waals surface area (Å²) >= 11 is 3.42. The van der Waals surface area contributed by atoms with Crippen LogP contribution in [0.25, 0.3) is 0 Å². The third-order valence-corrected chi connectivity index (χ3v) is 30.6. The number of aliphatic hydroxyl groups is 3. The lowest BCUT2D eigenvalue weighted by molar-refractivity contribution is -0.167. The molecule has 15 rings (SSSR count). The molecule has 3 aromatic rings. The van der Waals surface area contributed by atoms with Crippen molar-refractivity contribution in [1.82, 2.24) is 45.4 Å². The summed E-state index contributed by atoms with van der Waals surface area (Å²) in [7, 11) is 5.25. The van der Waals surface area contributed by atoms with E-state index in [1.807, 2.05) is 0 Å². The number of rotatable bonds is 11. The Morgan fingerprint density at radius 1 is 0.468 bits per heavy atom. The molecular weight excluding hydrogens is 1250 g/mol. The van der Waals surface area contributed by atoms with Crippen LogP contribution in [0.2, 0.25) is 0 Å². The van der Waals surface area contributed by atoms with E-state index < -0.39 is 0 Å². The molecule has 18 nitrogen and oxygen atoms in total. The molecule has 3 heterocycles. The highest BCUT2D eigenvalue weighted by Crippen LogP contribution is 2.71. The molecule has 0 radical (unpaired) electrons. The number of aliphatic hydroxyl groups excluding tert-OH is 3. The van der Waals surface area contributed by atoms with Crippen LogP contribution in [-0.2, 0) is 41.7 Å². The standard InChI is InChI=1S/2C24H37N3O3.C22H35BrO3.C2H3N3.3CH4/c1-23-9-8-18-16(5-4-15-12-20(28)22(30-3)13-24(15,18)2)17(23)6-7-19(23)21(29)14-27-11-10-25-26-27;1-23-9-8-18-16(5-4-15-12-20(28)22(30-3)13-24(15,18)2)17(23)6-7-19(23)21(29)14-27-25-10-11-26-27;1-21-9-8-16-14(15(21)6-7-17(21)19(25)12-23)5-4-13-10-18(24)20(26-3)11-22(13,16)2;1-2-4-5-3-1;;;/h2*10-11,15-20,22,28H,4-9,12-14H2,1-3H3;13-18,20,24H,4-12H2,1-3H3;1-2H,(H,3,4,5);3*1H4/t2*15-,16-,17-,18-,19+,20-,22-,23-,24-;13-,14-,15-,16-,17+,18-,20-,21-,22-;;;;/m000..../s1. The second-order valence-corrected chi connectivity index (χ2v) is 33.7. The maximum absolute atomic E-state index is 13.2. The van der Waals surface area contributed by atoms with E-state index in [-0.39, 0.29) is 104 Å². The van der Waals surface area contributed by atoms with E-state index in [9.17, 15) is 29.7 Å². The molecule has 0 saturated heterocycles. The number of methoxy groups -OCH3 is 3. The molecule has 12 aliphatic carbocycles. The minimum atomic E-state index is -0.317. The second-order valence-electron chi connectivity index (χ2n) is 33.2. The van der Waals surface area contributed by atoms with Crippen molar-refractivity contribution in [3.8, 4) is 0 Å². The lowest BCUT2D eigenvalue weighted by atomic mass is 9.44. The van der Waals surface area contributed by atoms with E-state index in [1.54, 1.807) is 63.2 Å². The number of hydrogen-bond donors (Lipinski definition) is 4. The van der Waals surface area contributed by atoms with Gasteiger partial charge in [0.15, 0.2) is 11.6 Å². The molecule has 0 aliphatic heterocycles. The number of halogens is 1. The summed E-state index contributed by atoms with van der Waals surface area (Å²) in [5.41, 5.74) is 1.25. The SMILES string of the molecule is C.C.C.CO[C@H]1C[C@@]2(C)[C@@H](CC[C@@H]3[C@@H]2CC[C@]2(C)[C@@H](C(=O)CBr)CC[C@@H]32)C[C@@H]1O.CO[C@H]1C[C@@]2(C)[C@@H](CC[C@@H]3[C@@H]2CC[C@]2(C)[C@@H](C(=O)Cn4ccnn4)CC[C@@H]32)C[C@@H]1O.CO[C@H]1C[C@@]2(C)[C@@H](CC[C@@H]3[C@@H]2CC[C@]2(C)[C@@H](C(=O)Cn4nccn4)CC[C@@H]32)C[C@@H]1O.c1cn[nH]n1. The number of H-pyrrole nitrogens is 1. The molecule has 0 amide bonds. The highest BCUT2D eigenvalue weighted by Gasteiger charge is 2.66. The summed E-state index contributed by atoms with van der Waals surface area (Å²) in [4.78, 5) is 40.5. The fourth-order valence-electron chi connectivity index (χ4n) is 25.5. The molecule has 12 saturated carbocycles. The van der Waals surface area contributed by atoms with Crippen LogP contribution in [0.15, 0.2) is 37.2 Å². The number of carbonyl (C=O) groups excluding carboxylic acids is 3. The molecule has 530 valence electrons. The van der Waals surface area contributed by atoms with Crippen LogP contribution in [0.4, 0.5) is 0 Å². The van der Waals surface area contributed by atoms with Crippen molar-refractivity contribution >= 4 is 33.3 Å². The van der Waals surface area contributed by atoms with Crippen LogP contribution < -0.4 is 0 Å². The van der Waals surface area contributed by atoms with Crippen molar-refractivity contribution in [2.45, 2.75) is 268 Å². The van der Waals surface area contributed by atoms with Crippen molar-refractivity contribution in [3.05, 3.63) is 37.2 Å². The number of ether oxygens (including phenoxy) is 3. The highest BCUT2D eigenvalue weighted by atomic mass is 79.9. The van der Waals surface area contributed by atoms with Gasteiger partial charge in [-0.3, -0.25) is 14.4 Å². The highest BCUT2D eigenvalue weighted by molar-refractivity contribution is 9.09. The van der Waals surface area contributed by atoms with Crippen LogP contribution in [0.3, 0.4) is 0 Å². The summed E-state index contributed by atoms with van der Waals surface area (Å²) in [6, 6.07) is 0. The summed E-state index contributed by atoms with van der Waals surface area (Å²) in [5.74, 6) is 9.78. The lowest BCUT2D eigenvalue weighted by Gasteiger charge is -2.61. The number of fused-ring (bicyclic) bond motifs is 15. The number of hydrogen-bond acceptors (Lipinski definition) is 15. The monoisotopic (exact) mass is 1370 g/mol. The van der Waals surface area contributed by atoms with Gasteiger partial charge in [-0.1, -0.05) is 85.0 Å². The normalized spacial score (nSPS) is 45.8. The Labute approximate surface area is 572 Å². The average Bonchev–Trinajstić information content (AvgIpc) is 1.13. The first-order valence-electron chi connectivity index (χ1n) is 35.8. The van der Waals surface area contributed by atoms with E-state index >= 15 is 0 Å². The van der Waals surface area contributed by atoms with Crippen LogP contribution in [0.5, 0.6) is 0 Å². The van der Waals surface area contributed by atoms with Gasteiger partial charge in [0.1, 0.15) is 18.9 Å². The van der Waals surface area contributed by atoms with Gasteiger partial charge in [0.05, 0.1) is 72.9 Å². The Kier molecular flexibility index (Phi) is 23.8. The van der Waals surface area contributed by atoms with Gasteiger partial charge in [-0.15, -0.1) is 5.10 Å². The molecule has 27 atom stereocenters. The van der Waals surface area contributed by atoms with Gasteiger partial charge in [-0.2, -0.15) is 30.4 Å². The first kappa shape index (κ1) is 74.9. The Morgan fingerprint density at radius 2 is 0.819 bits per heavy atom.